The number of carbonyl (C=O) groups excluding carboxylic acids is 1. The van der Waals surface area contributed by atoms with Crippen molar-refractivity contribution >= 4 is 17.4 Å². The first kappa shape index (κ1) is 14.2. The lowest BCUT2D eigenvalue weighted by molar-refractivity contribution is 0.0866. The summed E-state index contributed by atoms with van der Waals surface area (Å²) in [6.07, 6.45) is 2.67. The molecule has 0 aromatic carbocycles. The van der Waals surface area contributed by atoms with Crippen molar-refractivity contribution in [1.82, 2.24) is 9.78 Å². The molecule has 0 fully saturated rings. The Labute approximate surface area is 107 Å². The third kappa shape index (κ3) is 2.53. The molecule has 0 saturated heterocycles. The van der Waals surface area contributed by atoms with Crippen molar-refractivity contribution in [2.75, 3.05) is 0 Å². The zero-order chi connectivity index (χ0) is 13.2. The lowest BCUT2D eigenvalue weighted by atomic mass is 9.87. The molecule has 0 radical (unpaired) electrons. The summed E-state index contributed by atoms with van der Waals surface area (Å²) in [4.78, 5) is 12.5. The SMILES string of the molecule is CCC(N)(CC)C(=O)c1c(Cl)cnn1C(C)C. The van der Waals surface area contributed by atoms with Crippen molar-refractivity contribution in [3.63, 3.8) is 0 Å². The summed E-state index contributed by atoms with van der Waals surface area (Å²) < 4.78 is 1.64. The molecular formula is C12H20ClN3O. The second-order valence-corrected chi connectivity index (χ2v) is 4.98. The third-order valence-corrected chi connectivity index (χ3v) is 3.45. The fourth-order valence-electron chi connectivity index (χ4n) is 1.75. The van der Waals surface area contributed by atoms with E-state index in [-0.39, 0.29) is 11.8 Å². The van der Waals surface area contributed by atoms with E-state index in [1.807, 2.05) is 27.7 Å². The lowest BCUT2D eigenvalue weighted by Gasteiger charge is -2.25. The first-order valence-electron chi connectivity index (χ1n) is 5.94. The number of aromatic nitrogens is 2. The van der Waals surface area contributed by atoms with Crippen LogP contribution in [0.15, 0.2) is 6.20 Å². The molecule has 1 rings (SSSR count). The van der Waals surface area contributed by atoms with Crippen LogP contribution < -0.4 is 5.73 Å². The van der Waals surface area contributed by atoms with Crippen LogP contribution in [-0.2, 0) is 0 Å². The van der Waals surface area contributed by atoms with Gasteiger partial charge in [0, 0.05) is 6.04 Å². The molecule has 2 N–H and O–H groups in total. The molecule has 1 aromatic rings. The Hall–Kier alpha value is -0.870. The molecular weight excluding hydrogens is 238 g/mol. The van der Waals surface area contributed by atoms with Crippen molar-refractivity contribution in [3.8, 4) is 0 Å². The highest BCUT2D eigenvalue weighted by Gasteiger charge is 2.35. The minimum Gasteiger partial charge on any atom is -0.319 e. The predicted molar refractivity (Wildman–Crippen MR) is 69.5 cm³/mol. The molecule has 1 heterocycles. The third-order valence-electron chi connectivity index (χ3n) is 3.17. The molecule has 0 bridgehead atoms. The van der Waals surface area contributed by atoms with Crippen molar-refractivity contribution < 1.29 is 4.79 Å². The Bertz CT molecular complexity index is 408. The first-order chi connectivity index (χ1) is 7.87. The van der Waals surface area contributed by atoms with Crippen LogP contribution in [0.1, 0.15) is 57.1 Å². The van der Waals surface area contributed by atoms with Gasteiger partial charge in [-0.3, -0.25) is 9.48 Å². The van der Waals surface area contributed by atoms with Crippen LogP contribution in [0.5, 0.6) is 0 Å². The highest BCUT2D eigenvalue weighted by atomic mass is 35.5. The average molecular weight is 258 g/mol. The number of halogens is 1. The maximum absolute atomic E-state index is 12.5. The van der Waals surface area contributed by atoms with Gasteiger partial charge in [-0.05, 0) is 26.7 Å². The largest absolute Gasteiger partial charge is 0.319 e. The van der Waals surface area contributed by atoms with Crippen LogP contribution in [0.3, 0.4) is 0 Å². The Balaban J connectivity index is 3.24. The summed E-state index contributed by atoms with van der Waals surface area (Å²) in [6.45, 7) is 7.73. The fourth-order valence-corrected chi connectivity index (χ4v) is 1.97. The van der Waals surface area contributed by atoms with Crippen LogP contribution >= 0.6 is 11.6 Å². The van der Waals surface area contributed by atoms with Crippen LogP contribution in [0.25, 0.3) is 0 Å². The van der Waals surface area contributed by atoms with E-state index in [2.05, 4.69) is 5.10 Å². The number of Topliss-reactive ketones (excluding diaryl/α,β-unsaturated/α-hetero) is 1. The van der Waals surface area contributed by atoms with E-state index < -0.39 is 5.54 Å². The molecule has 0 spiro atoms. The number of nitrogens with zero attached hydrogens (tertiary/aromatic N) is 2. The Morgan fingerprint density at radius 1 is 1.53 bits per heavy atom. The molecule has 0 aliphatic heterocycles. The highest BCUT2D eigenvalue weighted by molar-refractivity contribution is 6.34. The molecule has 0 aliphatic rings. The summed E-state index contributed by atoms with van der Waals surface area (Å²) in [5.41, 5.74) is 5.69. The summed E-state index contributed by atoms with van der Waals surface area (Å²) in [5, 5.41) is 4.50. The van der Waals surface area contributed by atoms with Gasteiger partial charge in [0.2, 0.25) is 5.78 Å². The van der Waals surface area contributed by atoms with Gasteiger partial charge in [-0.1, -0.05) is 25.4 Å². The second kappa shape index (κ2) is 5.19. The highest BCUT2D eigenvalue weighted by Crippen LogP contribution is 2.25. The van der Waals surface area contributed by atoms with E-state index in [1.54, 1.807) is 4.68 Å². The van der Waals surface area contributed by atoms with E-state index >= 15 is 0 Å². The maximum atomic E-state index is 12.5. The van der Waals surface area contributed by atoms with Crippen LogP contribution in [-0.4, -0.2) is 21.1 Å². The van der Waals surface area contributed by atoms with Crippen LogP contribution in [0, 0.1) is 0 Å². The number of ketones is 1. The Morgan fingerprint density at radius 3 is 2.47 bits per heavy atom. The molecule has 0 saturated carbocycles. The summed E-state index contributed by atoms with van der Waals surface area (Å²) in [6, 6.07) is 0.0828. The van der Waals surface area contributed by atoms with E-state index in [1.165, 1.54) is 6.20 Å². The zero-order valence-electron chi connectivity index (χ0n) is 10.8. The average Bonchev–Trinajstić information content (AvgIpc) is 2.69. The van der Waals surface area contributed by atoms with Crippen molar-refractivity contribution in [2.45, 2.75) is 52.1 Å². The molecule has 4 nitrogen and oxygen atoms in total. The minimum atomic E-state index is -0.851. The number of hydrogen-bond donors (Lipinski definition) is 1. The minimum absolute atomic E-state index is 0.0828. The number of carbonyl (C=O) groups is 1. The molecule has 0 atom stereocenters. The van der Waals surface area contributed by atoms with Gasteiger partial charge in [0.15, 0.2) is 0 Å². The molecule has 0 amide bonds. The molecule has 0 aliphatic carbocycles. The molecule has 1 aromatic heterocycles. The number of hydrogen-bond acceptors (Lipinski definition) is 3. The second-order valence-electron chi connectivity index (χ2n) is 4.57. The molecule has 5 heteroatoms. The quantitative estimate of drug-likeness (QED) is 0.825. The monoisotopic (exact) mass is 257 g/mol. The first-order valence-corrected chi connectivity index (χ1v) is 6.31. The maximum Gasteiger partial charge on any atom is 0.202 e. The molecule has 17 heavy (non-hydrogen) atoms. The van der Waals surface area contributed by atoms with Crippen LogP contribution in [0.4, 0.5) is 0 Å². The van der Waals surface area contributed by atoms with Crippen molar-refractivity contribution in [2.24, 2.45) is 5.73 Å². The van der Waals surface area contributed by atoms with Crippen LogP contribution in [0.2, 0.25) is 5.02 Å². The number of rotatable bonds is 5. The Morgan fingerprint density at radius 2 is 2.06 bits per heavy atom. The van der Waals surface area contributed by atoms with E-state index in [4.69, 9.17) is 17.3 Å². The number of nitrogens with two attached hydrogens (primary N) is 1. The summed E-state index contributed by atoms with van der Waals surface area (Å²) >= 11 is 6.04. The summed E-state index contributed by atoms with van der Waals surface area (Å²) in [7, 11) is 0. The van der Waals surface area contributed by atoms with Gasteiger partial charge < -0.3 is 5.73 Å². The topological polar surface area (TPSA) is 60.9 Å². The van der Waals surface area contributed by atoms with Gasteiger partial charge in [-0.2, -0.15) is 5.10 Å². The van der Waals surface area contributed by atoms with E-state index in [0.717, 1.165) is 0 Å². The summed E-state index contributed by atoms with van der Waals surface area (Å²) in [5.74, 6) is -0.126. The molecule has 96 valence electrons. The normalized spacial score (nSPS) is 12.2. The zero-order valence-corrected chi connectivity index (χ0v) is 11.6. The van der Waals surface area contributed by atoms with Gasteiger partial charge >= 0.3 is 0 Å². The van der Waals surface area contributed by atoms with Gasteiger partial charge in [0.05, 0.1) is 16.8 Å². The van der Waals surface area contributed by atoms with Gasteiger partial charge in [0.25, 0.3) is 0 Å². The standard InChI is InChI=1S/C12H20ClN3O/c1-5-12(14,6-2)11(17)10-9(13)7-15-16(10)8(3)4/h7-8H,5-6,14H2,1-4H3. The smallest absolute Gasteiger partial charge is 0.202 e. The fraction of sp³-hybridized carbons (Fsp3) is 0.667. The van der Waals surface area contributed by atoms with E-state index in [0.29, 0.717) is 23.6 Å². The van der Waals surface area contributed by atoms with Gasteiger partial charge in [-0.25, -0.2) is 0 Å². The van der Waals surface area contributed by atoms with E-state index in [9.17, 15) is 4.79 Å². The lowest BCUT2D eigenvalue weighted by Crippen LogP contribution is -2.47. The predicted octanol–water partition coefficient (Wildman–Crippen LogP) is 2.82. The Kier molecular flexibility index (Phi) is 4.33. The van der Waals surface area contributed by atoms with Crippen molar-refractivity contribution in [3.05, 3.63) is 16.9 Å². The molecule has 0 unspecified atom stereocenters. The van der Waals surface area contributed by atoms with Gasteiger partial charge in [-0.15, -0.1) is 0 Å². The van der Waals surface area contributed by atoms with Gasteiger partial charge in [0.1, 0.15) is 5.69 Å². The van der Waals surface area contributed by atoms with Crippen molar-refractivity contribution in [1.29, 1.82) is 0 Å².